The van der Waals surface area contributed by atoms with Crippen LogP contribution in [0.2, 0.25) is 5.02 Å². The van der Waals surface area contributed by atoms with Crippen LogP contribution in [0.25, 0.3) is 0 Å². The van der Waals surface area contributed by atoms with E-state index < -0.39 is 0 Å². The Labute approximate surface area is 112 Å². The van der Waals surface area contributed by atoms with E-state index in [0.29, 0.717) is 11.6 Å². The van der Waals surface area contributed by atoms with Crippen molar-refractivity contribution in [3.8, 4) is 5.75 Å². The molecule has 0 heterocycles. The van der Waals surface area contributed by atoms with Gasteiger partial charge in [0.1, 0.15) is 5.75 Å². The Balaban J connectivity index is 2.34. The topological polar surface area (TPSA) is 69.6 Å². The van der Waals surface area contributed by atoms with Crippen LogP contribution < -0.4 is 5.32 Å². The number of phenolic OH excluding ortho intramolecular Hbond substituents is 1. The molecule has 0 aromatic heterocycles. The highest BCUT2D eigenvalue weighted by molar-refractivity contribution is 6.31. The number of hydrogen-bond donors (Lipinski definition) is 3. The first-order valence-electron chi connectivity index (χ1n) is 6.02. The summed E-state index contributed by atoms with van der Waals surface area (Å²) < 4.78 is 0. The second kappa shape index (κ2) is 7.95. The maximum absolute atomic E-state index is 11.7. The van der Waals surface area contributed by atoms with Crippen LogP contribution in [0, 0.1) is 0 Å². The van der Waals surface area contributed by atoms with Gasteiger partial charge in [0, 0.05) is 18.2 Å². The Kier molecular flexibility index (Phi) is 6.54. The fraction of sp³-hybridized carbons (Fsp3) is 0.462. The Bertz CT molecular complexity index is 396. The fourth-order valence-electron chi connectivity index (χ4n) is 1.58. The van der Waals surface area contributed by atoms with Crippen LogP contribution >= 0.6 is 11.6 Å². The summed E-state index contributed by atoms with van der Waals surface area (Å²) in [6.45, 7) is 0.763. The van der Waals surface area contributed by atoms with Crippen molar-refractivity contribution < 1.29 is 15.0 Å². The van der Waals surface area contributed by atoms with Gasteiger partial charge in [-0.3, -0.25) is 4.79 Å². The van der Waals surface area contributed by atoms with Crippen molar-refractivity contribution in [1.82, 2.24) is 5.32 Å². The zero-order chi connectivity index (χ0) is 13.4. The normalized spacial score (nSPS) is 10.3. The first-order valence-corrected chi connectivity index (χ1v) is 6.40. The van der Waals surface area contributed by atoms with E-state index in [-0.39, 0.29) is 23.8 Å². The lowest BCUT2D eigenvalue weighted by atomic mass is 10.1. The average molecular weight is 272 g/mol. The number of halogens is 1. The monoisotopic (exact) mass is 271 g/mol. The summed E-state index contributed by atoms with van der Waals surface area (Å²) in [4.78, 5) is 11.7. The van der Waals surface area contributed by atoms with Gasteiger partial charge < -0.3 is 15.5 Å². The molecule has 1 rings (SSSR count). The SMILES string of the molecule is O=C(NCCCCCCO)c1cc(Cl)ccc1O. The smallest absolute Gasteiger partial charge is 0.255 e. The molecule has 0 unspecified atom stereocenters. The van der Waals surface area contributed by atoms with Gasteiger partial charge in [0.25, 0.3) is 5.91 Å². The van der Waals surface area contributed by atoms with E-state index in [1.54, 1.807) is 0 Å². The molecular formula is C13H18ClNO3. The summed E-state index contributed by atoms with van der Waals surface area (Å²) in [5.41, 5.74) is 0.192. The Hall–Kier alpha value is -1.26. The molecule has 100 valence electrons. The summed E-state index contributed by atoms with van der Waals surface area (Å²) in [5, 5.41) is 21.3. The minimum atomic E-state index is -0.322. The van der Waals surface area contributed by atoms with Crippen molar-refractivity contribution in [2.75, 3.05) is 13.2 Å². The molecule has 0 radical (unpaired) electrons. The number of hydrogen-bond acceptors (Lipinski definition) is 3. The van der Waals surface area contributed by atoms with Gasteiger partial charge >= 0.3 is 0 Å². The lowest BCUT2D eigenvalue weighted by Crippen LogP contribution is -2.24. The van der Waals surface area contributed by atoms with E-state index in [2.05, 4.69) is 5.32 Å². The van der Waals surface area contributed by atoms with Gasteiger partial charge in [0.2, 0.25) is 0 Å². The largest absolute Gasteiger partial charge is 0.507 e. The quantitative estimate of drug-likeness (QED) is 0.667. The van der Waals surface area contributed by atoms with Crippen molar-refractivity contribution in [1.29, 1.82) is 0 Å². The molecule has 0 spiro atoms. The molecular weight excluding hydrogens is 254 g/mol. The van der Waals surface area contributed by atoms with Crippen molar-refractivity contribution in [3.05, 3.63) is 28.8 Å². The molecule has 0 saturated carbocycles. The Morgan fingerprint density at radius 3 is 2.67 bits per heavy atom. The number of aliphatic hydroxyl groups is 1. The van der Waals surface area contributed by atoms with Crippen LogP contribution in [0.15, 0.2) is 18.2 Å². The molecule has 0 fully saturated rings. The van der Waals surface area contributed by atoms with Gasteiger partial charge in [-0.15, -0.1) is 0 Å². The van der Waals surface area contributed by atoms with Crippen LogP contribution in [0.1, 0.15) is 36.0 Å². The number of carbonyl (C=O) groups is 1. The predicted octanol–water partition coefficient (Wildman–Crippen LogP) is 2.33. The van der Waals surface area contributed by atoms with Gasteiger partial charge in [-0.2, -0.15) is 0 Å². The van der Waals surface area contributed by atoms with Crippen LogP contribution in [-0.4, -0.2) is 29.3 Å². The zero-order valence-electron chi connectivity index (χ0n) is 10.2. The number of aliphatic hydroxyl groups excluding tert-OH is 1. The molecule has 0 aliphatic heterocycles. The number of nitrogens with one attached hydrogen (secondary N) is 1. The fourth-order valence-corrected chi connectivity index (χ4v) is 1.75. The van der Waals surface area contributed by atoms with E-state index in [4.69, 9.17) is 16.7 Å². The number of unbranched alkanes of at least 4 members (excludes halogenated alkanes) is 3. The van der Waals surface area contributed by atoms with Crippen molar-refractivity contribution in [2.24, 2.45) is 0 Å². The molecule has 4 nitrogen and oxygen atoms in total. The lowest BCUT2D eigenvalue weighted by Gasteiger charge is -2.07. The van der Waals surface area contributed by atoms with Gasteiger partial charge in [0.05, 0.1) is 5.56 Å². The van der Waals surface area contributed by atoms with E-state index in [9.17, 15) is 9.90 Å². The second-order valence-corrected chi connectivity index (χ2v) is 4.49. The molecule has 5 heteroatoms. The van der Waals surface area contributed by atoms with Gasteiger partial charge in [-0.05, 0) is 31.0 Å². The average Bonchev–Trinajstić information content (AvgIpc) is 2.36. The molecule has 0 bridgehead atoms. The van der Waals surface area contributed by atoms with Crippen molar-refractivity contribution >= 4 is 17.5 Å². The number of phenols is 1. The third kappa shape index (κ3) is 4.94. The maximum atomic E-state index is 11.7. The summed E-state index contributed by atoms with van der Waals surface area (Å²) in [5.74, 6) is -0.394. The van der Waals surface area contributed by atoms with Crippen LogP contribution in [0.4, 0.5) is 0 Å². The number of rotatable bonds is 7. The molecule has 18 heavy (non-hydrogen) atoms. The van der Waals surface area contributed by atoms with Gasteiger partial charge in [-0.1, -0.05) is 24.4 Å². The lowest BCUT2D eigenvalue weighted by molar-refractivity contribution is 0.0950. The van der Waals surface area contributed by atoms with E-state index in [0.717, 1.165) is 25.7 Å². The standard InChI is InChI=1S/C13H18ClNO3/c14-10-5-6-12(17)11(9-10)13(18)15-7-3-1-2-4-8-16/h5-6,9,16-17H,1-4,7-8H2,(H,15,18). The van der Waals surface area contributed by atoms with E-state index in [1.807, 2.05) is 0 Å². The summed E-state index contributed by atoms with van der Waals surface area (Å²) in [7, 11) is 0. The third-order valence-electron chi connectivity index (χ3n) is 2.57. The molecule has 1 aromatic carbocycles. The number of carbonyl (C=O) groups excluding carboxylic acids is 1. The van der Waals surface area contributed by atoms with Gasteiger partial charge in [-0.25, -0.2) is 0 Å². The zero-order valence-corrected chi connectivity index (χ0v) is 10.9. The molecule has 0 atom stereocenters. The van der Waals surface area contributed by atoms with Gasteiger partial charge in [0.15, 0.2) is 0 Å². The third-order valence-corrected chi connectivity index (χ3v) is 2.81. The first-order chi connectivity index (χ1) is 8.65. The highest BCUT2D eigenvalue weighted by Crippen LogP contribution is 2.21. The minimum Gasteiger partial charge on any atom is -0.507 e. The number of amides is 1. The Morgan fingerprint density at radius 2 is 1.94 bits per heavy atom. The number of benzene rings is 1. The van der Waals surface area contributed by atoms with Crippen LogP contribution in [0.5, 0.6) is 5.75 Å². The molecule has 0 aliphatic rings. The van der Waals surface area contributed by atoms with Crippen molar-refractivity contribution in [3.63, 3.8) is 0 Å². The summed E-state index contributed by atoms with van der Waals surface area (Å²) in [6.07, 6.45) is 3.56. The van der Waals surface area contributed by atoms with E-state index in [1.165, 1.54) is 18.2 Å². The summed E-state index contributed by atoms with van der Waals surface area (Å²) >= 11 is 5.76. The van der Waals surface area contributed by atoms with Crippen LogP contribution in [0.3, 0.4) is 0 Å². The first kappa shape index (κ1) is 14.8. The van der Waals surface area contributed by atoms with Crippen molar-refractivity contribution in [2.45, 2.75) is 25.7 Å². The molecule has 1 amide bonds. The van der Waals surface area contributed by atoms with E-state index >= 15 is 0 Å². The molecule has 1 aromatic rings. The Morgan fingerprint density at radius 1 is 1.22 bits per heavy atom. The molecule has 3 N–H and O–H groups in total. The second-order valence-electron chi connectivity index (χ2n) is 4.06. The minimum absolute atomic E-state index is 0.0721. The predicted molar refractivity (Wildman–Crippen MR) is 71.0 cm³/mol. The molecule has 0 saturated heterocycles. The number of aromatic hydroxyl groups is 1. The maximum Gasteiger partial charge on any atom is 0.255 e. The summed E-state index contributed by atoms with van der Waals surface area (Å²) in [6, 6.07) is 4.37. The van der Waals surface area contributed by atoms with Crippen LogP contribution in [-0.2, 0) is 0 Å². The molecule has 0 aliphatic carbocycles. The highest BCUT2D eigenvalue weighted by atomic mass is 35.5. The highest BCUT2D eigenvalue weighted by Gasteiger charge is 2.10.